The molecule has 0 N–H and O–H groups in total. The molecule has 2 atom stereocenters. The molecule has 0 aromatic rings. The highest BCUT2D eigenvalue weighted by Gasteiger charge is 2.53. The number of nitrogens with zero attached hydrogens (tertiary/aromatic N) is 2. The Kier molecular flexibility index (Phi) is 3.75. The van der Waals surface area contributed by atoms with Crippen LogP contribution in [0.25, 0.3) is 0 Å². The molecule has 2 unspecified atom stereocenters. The van der Waals surface area contributed by atoms with Gasteiger partial charge in [-0.3, -0.25) is 14.4 Å². The molecule has 2 saturated heterocycles. The van der Waals surface area contributed by atoms with Crippen LogP contribution in [0, 0.1) is 0 Å². The van der Waals surface area contributed by atoms with Crippen molar-refractivity contribution in [3.8, 4) is 0 Å². The monoisotopic (exact) mass is 286 g/mol. The molecule has 19 heavy (non-hydrogen) atoms. The maximum absolute atomic E-state index is 12.3. The van der Waals surface area contributed by atoms with E-state index in [1.807, 2.05) is 6.92 Å². The van der Waals surface area contributed by atoms with Crippen molar-refractivity contribution in [1.29, 1.82) is 0 Å². The summed E-state index contributed by atoms with van der Waals surface area (Å²) in [7, 11) is 2.84. The van der Waals surface area contributed by atoms with E-state index in [2.05, 4.69) is 4.74 Å². The van der Waals surface area contributed by atoms with E-state index in [1.54, 1.807) is 23.7 Å². The Morgan fingerprint density at radius 1 is 1.58 bits per heavy atom. The lowest BCUT2D eigenvalue weighted by Crippen LogP contribution is -2.51. The number of carbonyl (C=O) groups excluding carboxylic acids is 3. The van der Waals surface area contributed by atoms with Crippen molar-refractivity contribution in [1.82, 2.24) is 9.80 Å². The van der Waals surface area contributed by atoms with Crippen LogP contribution in [-0.2, 0) is 19.1 Å². The van der Waals surface area contributed by atoms with Crippen LogP contribution in [0.3, 0.4) is 0 Å². The number of rotatable bonds is 3. The SMILES string of the molecule is COC(=O)CN(C)C(=O)C1CSC2(C)CCC(=O)N12. The van der Waals surface area contributed by atoms with E-state index in [4.69, 9.17) is 0 Å². The van der Waals surface area contributed by atoms with E-state index in [0.29, 0.717) is 12.2 Å². The van der Waals surface area contributed by atoms with Crippen LogP contribution in [0.1, 0.15) is 19.8 Å². The van der Waals surface area contributed by atoms with Gasteiger partial charge in [0.1, 0.15) is 12.6 Å². The lowest BCUT2D eigenvalue weighted by atomic mass is 10.2. The molecule has 2 heterocycles. The molecule has 0 aromatic carbocycles. The Labute approximate surface area is 116 Å². The number of ether oxygens (including phenoxy) is 1. The smallest absolute Gasteiger partial charge is 0.325 e. The van der Waals surface area contributed by atoms with E-state index in [1.165, 1.54) is 12.0 Å². The number of amides is 2. The van der Waals surface area contributed by atoms with Gasteiger partial charge in [0.25, 0.3) is 0 Å². The molecule has 0 bridgehead atoms. The van der Waals surface area contributed by atoms with Gasteiger partial charge in [-0.15, -0.1) is 11.8 Å². The summed E-state index contributed by atoms with van der Waals surface area (Å²) in [6, 6.07) is -0.459. The number of methoxy groups -OCH3 is 1. The number of esters is 1. The summed E-state index contributed by atoms with van der Waals surface area (Å²) in [6.07, 6.45) is 1.27. The van der Waals surface area contributed by atoms with Gasteiger partial charge in [0.2, 0.25) is 11.8 Å². The molecule has 2 rings (SSSR count). The summed E-state index contributed by atoms with van der Waals surface area (Å²) in [4.78, 5) is 38.2. The maximum atomic E-state index is 12.3. The highest BCUT2D eigenvalue weighted by molar-refractivity contribution is 8.01. The van der Waals surface area contributed by atoms with Gasteiger partial charge in [-0.1, -0.05) is 0 Å². The first-order valence-corrected chi connectivity index (χ1v) is 7.15. The largest absolute Gasteiger partial charge is 0.468 e. The lowest BCUT2D eigenvalue weighted by molar-refractivity contribution is -0.149. The molecule has 0 saturated carbocycles. The second kappa shape index (κ2) is 5.03. The number of hydrogen-bond donors (Lipinski definition) is 0. The van der Waals surface area contributed by atoms with Gasteiger partial charge in [0, 0.05) is 19.2 Å². The first-order valence-electron chi connectivity index (χ1n) is 6.17. The third-order valence-electron chi connectivity index (χ3n) is 3.70. The normalized spacial score (nSPS) is 29.3. The lowest BCUT2D eigenvalue weighted by Gasteiger charge is -2.31. The second-order valence-corrected chi connectivity index (χ2v) is 6.54. The molecular formula is C12H18N2O4S. The standard InChI is InChI=1S/C12H18N2O4S/c1-12-5-4-9(15)14(12)8(7-19-12)11(17)13(2)6-10(16)18-3/h8H,4-7H2,1-3H3. The van der Waals surface area contributed by atoms with Crippen LogP contribution in [0.4, 0.5) is 0 Å². The Morgan fingerprint density at radius 3 is 2.89 bits per heavy atom. The molecule has 2 fully saturated rings. The van der Waals surface area contributed by atoms with E-state index < -0.39 is 12.0 Å². The van der Waals surface area contributed by atoms with Crippen LogP contribution < -0.4 is 0 Å². The predicted octanol–water partition coefficient (Wildman–Crippen LogP) is 0.0718. The van der Waals surface area contributed by atoms with Crippen LogP contribution in [0.15, 0.2) is 0 Å². The minimum absolute atomic E-state index is 0.0253. The molecule has 2 amide bonds. The fourth-order valence-corrected chi connectivity index (χ4v) is 4.02. The molecule has 2 aliphatic heterocycles. The number of thioether (sulfide) groups is 1. The van der Waals surface area contributed by atoms with Gasteiger partial charge in [-0.2, -0.15) is 0 Å². The number of likely N-dealkylation sites (N-methyl/N-ethyl adjacent to an activating group) is 1. The van der Waals surface area contributed by atoms with E-state index in [0.717, 1.165) is 6.42 Å². The summed E-state index contributed by atoms with van der Waals surface area (Å²) in [5.74, 6) is -0.0433. The fraction of sp³-hybridized carbons (Fsp3) is 0.750. The van der Waals surface area contributed by atoms with Crippen molar-refractivity contribution in [2.75, 3.05) is 26.5 Å². The third kappa shape index (κ3) is 2.43. The first kappa shape index (κ1) is 14.2. The van der Waals surface area contributed by atoms with Crippen LogP contribution in [0.2, 0.25) is 0 Å². The minimum atomic E-state index is -0.461. The molecule has 7 heteroatoms. The number of fused-ring (bicyclic) bond motifs is 1. The number of carbonyl (C=O) groups is 3. The van der Waals surface area contributed by atoms with Crippen molar-refractivity contribution >= 4 is 29.5 Å². The Balaban J connectivity index is 2.08. The zero-order valence-corrected chi connectivity index (χ0v) is 12.2. The molecule has 0 aromatic heterocycles. The molecule has 2 aliphatic rings. The summed E-state index contributed by atoms with van der Waals surface area (Å²) in [6.45, 7) is 1.91. The maximum Gasteiger partial charge on any atom is 0.325 e. The van der Waals surface area contributed by atoms with Crippen molar-refractivity contribution in [2.45, 2.75) is 30.7 Å². The summed E-state index contributed by atoms with van der Waals surface area (Å²) >= 11 is 1.64. The average molecular weight is 286 g/mol. The predicted molar refractivity (Wildman–Crippen MR) is 70.4 cm³/mol. The zero-order chi connectivity index (χ0) is 14.2. The number of hydrogen-bond acceptors (Lipinski definition) is 5. The van der Waals surface area contributed by atoms with Crippen molar-refractivity contribution in [3.05, 3.63) is 0 Å². The quantitative estimate of drug-likeness (QED) is 0.687. The van der Waals surface area contributed by atoms with E-state index in [-0.39, 0.29) is 23.2 Å². The van der Waals surface area contributed by atoms with Gasteiger partial charge >= 0.3 is 5.97 Å². The summed E-state index contributed by atoms with van der Waals surface area (Å²) in [5, 5.41) is 0. The van der Waals surface area contributed by atoms with Crippen molar-refractivity contribution < 1.29 is 19.1 Å². The van der Waals surface area contributed by atoms with Gasteiger partial charge in [-0.25, -0.2) is 0 Å². The summed E-state index contributed by atoms with van der Waals surface area (Å²) < 4.78 is 4.54. The molecule has 0 spiro atoms. The van der Waals surface area contributed by atoms with Gasteiger partial charge in [-0.05, 0) is 13.3 Å². The minimum Gasteiger partial charge on any atom is -0.468 e. The van der Waals surface area contributed by atoms with Crippen molar-refractivity contribution in [3.63, 3.8) is 0 Å². The van der Waals surface area contributed by atoms with Crippen LogP contribution >= 0.6 is 11.8 Å². The first-order chi connectivity index (χ1) is 8.89. The Hall–Kier alpha value is -1.24. The van der Waals surface area contributed by atoms with Gasteiger partial charge in [0.05, 0.1) is 12.0 Å². The van der Waals surface area contributed by atoms with Crippen molar-refractivity contribution in [2.24, 2.45) is 0 Å². The molecule has 6 nitrogen and oxygen atoms in total. The molecule has 0 aliphatic carbocycles. The second-order valence-electron chi connectivity index (χ2n) is 5.04. The average Bonchev–Trinajstić information content (AvgIpc) is 2.86. The van der Waals surface area contributed by atoms with Gasteiger partial charge < -0.3 is 14.5 Å². The molecular weight excluding hydrogens is 268 g/mol. The summed E-state index contributed by atoms with van der Waals surface area (Å²) in [5.41, 5.74) is 0. The molecule has 106 valence electrons. The fourth-order valence-electron chi connectivity index (χ4n) is 2.59. The van der Waals surface area contributed by atoms with Crippen LogP contribution in [0.5, 0.6) is 0 Å². The topological polar surface area (TPSA) is 66.9 Å². The Bertz CT molecular complexity index is 428. The highest BCUT2D eigenvalue weighted by atomic mass is 32.2. The zero-order valence-electron chi connectivity index (χ0n) is 11.3. The van der Waals surface area contributed by atoms with E-state index >= 15 is 0 Å². The highest BCUT2D eigenvalue weighted by Crippen LogP contribution is 2.47. The third-order valence-corrected chi connectivity index (χ3v) is 5.21. The Morgan fingerprint density at radius 2 is 2.26 bits per heavy atom. The van der Waals surface area contributed by atoms with E-state index in [9.17, 15) is 14.4 Å². The van der Waals surface area contributed by atoms with Crippen LogP contribution in [-0.4, -0.2) is 65.0 Å². The molecule has 0 radical (unpaired) electrons. The van der Waals surface area contributed by atoms with Gasteiger partial charge in [0.15, 0.2) is 0 Å².